The van der Waals surface area contributed by atoms with Gasteiger partial charge in [0.1, 0.15) is 10.9 Å². The molecule has 1 aromatic carbocycles. The molecule has 0 atom stereocenters. The van der Waals surface area contributed by atoms with Crippen molar-refractivity contribution in [2.24, 2.45) is 0 Å². The van der Waals surface area contributed by atoms with Crippen LogP contribution < -0.4 is 14.8 Å². The molecule has 1 aliphatic heterocycles. The van der Waals surface area contributed by atoms with Gasteiger partial charge in [-0.25, -0.2) is 0 Å². The molecule has 0 radical (unpaired) electrons. The smallest absolute Gasteiger partial charge is 0.263 e. The number of halogens is 1. The van der Waals surface area contributed by atoms with Crippen molar-refractivity contribution in [3.05, 3.63) is 40.3 Å². The summed E-state index contributed by atoms with van der Waals surface area (Å²) in [5, 5.41) is 2.98. The van der Waals surface area contributed by atoms with Gasteiger partial charge in [-0.15, -0.1) is 0 Å². The van der Waals surface area contributed by atoms with Crippen LogP contribution in [-0.4, -0.2) is 23.4 Å². The Morgan fingerprint density at radius 3 is 2.82 bits per heavy atom. The average Bonchev–Trinajstić information content (AvgIpc) is 2.76. The summed E-state index contributed by atoms with van der Waals surface area (Å²) in [5.41, 5.74) is 0.738. The van der Waals surface area contributed by atoms with Gasteiger partial charge in [-0.05, 0) is 30.7 Å². The van der Waals surface area contributed by atoms with E-state index in [-0.39, 0.29) is 5.91 Å². The quantitative estimate of drug-likeness (QED) is 0.478. The second-order valence-electron chi connectivity index (χ2n) is 4.21. The third-order valence-corrected chi connectivity index (χ3v) is 4.06. The maximum absolute atomic E-state index is 11.7. The second kappa shape index (κ2) is 7.67. The first kappa shape index (κ1) is 16.9. The normalized spacial score (nSPS) is 15.8. The lowest BCUT2D eigenvalue weighted by Crippen LogP contribution is -2.17. The molecule has 0 saturated carbocycles. The summed E-state index contributed by atoms with van der Waals surface area (Å²) < 4.78 is 11.5. The SMILES string of the molecule is C=CCOc1c(Cl)cc(/C=C2\SC(=S)NC2=O)cc1OCC. The van der Waals surface area contributed by atoms with Crippen LogP contribution in [0, 0.1) is 0 Å². The number of benzene rings is 1. The minimum atomic E-state index is -0.212. The Morgan fingerprint density at radius 2 is 2.23 bits per heavy atom. The molecule has 1 aliphatic rings. The van der Waals surface area contributed by atoms with Crippen molar-refractivity contribution in [3.8, 4) is 11.5 Å². The van der Waals surface area contributed by atoms with Crippen LogP contribution in [0.25, 0.3) is 6.08 Å². The van der Waals surface area contributed by atoms with Gasteiger partial charge >= 0.3 is 0 Å². The molecule has 1 heterocycles. The lowest BCUT2D eigenvalue weighted by Gasteiger charge is -2.13. The summed E-state index contributed by atoms with van der Waals surface area (Å²) >= 11 is 12.4. The minimum Gasteiger partial charge on any atom is -0.490 e. The maximum Gasteiger partial charge on any atom is 0.263 e. The number of carbonyl (C=O) groups excluding carboxylic acids is 1. The topological polar surface area (TPSA) is 47.6 Å². The third-order valence-electron chi connectivity index (χ3n) is 2.62. The zero-order chi connectivity index (χ0) is 16.1. The number of amides is 1. The van der Waals surface area contributed by atoms with Gasteiger partial charge in [0.15, 0.2) is 11.5 Å². The van der Waals surface area contributed by atoms with E-state index in [0.717, 1.165) is 5.56 Å². The first-order valence-electron chi connectivity index (χ1n) is 6.50. The van der Waals surface area contributed by atoms with Gasteiger partial charge in [-0.2, -0.15) is 0 Å². The van der Waals surface area contributed by atoms with Gasteiger partial charge in [0.2, 0.25) is 0 Å². The number of rotatable bonds is 6. The van der Waals surface area contributed by atoms with Gasteiger partial charge in [0, 0.05) is 0 Å². The summed E-state index contributed by atoms with van der Waals surface area (Å²) in [6, 6.07) is 3.49. The monoisotopic (exact) mass is 355 g/mol. The summed E-state index contributed by atoms with van der Waals surface area (Å²) in [6.45, 7) is 6.27. The molecule has 1 saturated heterocycles. The van der Waals surface area contributed by atoms with E-state index in [2.05, 4.69) is 11.9 Å². The van der Waals surface area contributed by atoms with Crippen LogP contribution in [0.2, 0.25) is 5.02 Å². The predicted molar refractivity (Wildman–Crippen MR) is 94.6 cm³/mol. The Labute approximate surface area is 143 Å². The highest BCUT2D eigenvalue weighted by molar-refractivity contribution is 8.26. The molecule has 2 rings (SSSR count). The molecule has 0 unspecified atom stereocenters. The molecule has 1 N–H and O–H groups in total. The molecule has 1 fully saturated rings. The van der Waals surface area contributed by atoms with Gasteiger partial charge in [-0.3, -0.25) is 4.79 Å². The van der Waals surface area contributed by atoms with Crippen molar-refractivity contribution >= 4 is 51.9 Å². The molecule has 4 nitrogen and oxygen atoms in total. The minimum absolute atomic E-state index is 0.212. The molecule has 1 amide bonds. The molecule has 116 valence electrons. The number of nitrogens with one attached hydrogen (secondary N) is 1. The van der Waals surface area contributed by atoms with E-state index >= 15 is 0 Å². The third kappa shape index (κ3) is 4.03. The van der Waals surface area contributed by atoms with Crippen LogP contribution in [0.15, 0.2) is 29.7 Å². The fourth-order valence-corrected chi connectivity index (χ4v) is 3.11. The van der Waals surface area contributed by atoms with Crippen LogP contribution in [0.3, 0.4) is 0 Å². The highest BCUT2D eigenvalue weighted by Crippen LogP contribution is 2.38. The van der Waals surface area contributed by atoms with Crippen LogP contribution in [-0.2, 0) is 4.79 Å². The Kier molecular flexibility index (Phi) is 5.88. The molecule has 0 aliphatic carbocycles. The maximum atomic E-state index is 11.7. The van der Waals surface area contributed by atoms with Crippen molar-refractivity contribution in [3.63, 3.8) is 0 Å². The fraction of sp³-hybridized carbons (Fsp3) is 0.200. The van der Waals surface area contributed by atoms with Crippen LogP contribution in [0.1, 0.15) is 12.5 Å². The van der Waals surface area contributed by atoms with E-state index in [1.54, 1.807) is 24.3 Å². The molecular formula is C15H14ClNO3S2. The lowest BCUT2D eigenvalue weighted by molar-refractivity contribution is -0.115. The van der Waals surface area contributed by atoms with Crippen molar-refractivity contribution in [1.82, 2.24) is 5.32 Å². The van der Waals surface area contributed by atoms with Crippen LogP contribution in [0.5, 0.6) is 11.5 Å². The first-order valence-corrected chi connectivity index (χ1v) is 8.10. The van der Waals surface area contributed by atoms with Crippen molar-refractivity contribution in [2.45, 2.75) is 6.92 Å². The standard InChI is InChI=1S/C15H14ClNO3S2/c1-3-5-20-13-10(16)6-9(7-11(13)19-4-2)8-12-14(18)17-15(21)22-12/h3,6-8H,1,4-5H2,2H3,(H,17,18,21)/b12-8-. The van der Waals surface area contributed by atoms with Gasteiger partial charge in [-0.1, -0.05) is 48.2 Å². The molecule has 22 heavy (non-hydrogen) atoms. The van der Waals surface area contributed by atoms with E-state index in [1.807, 2.05) is 6.92 Å². The first-order chi connectivity index (χ1) is 10.5. The average molecular weight is 356 g/mol. The van der Waals surface area contributed by atoms with E-state index in [1.165, 1.54) is 11.8 Å². The molecule has 0 spiro atoms. The van der Waals surface area contributed by atoms with Crippen molar-refractivity contribution in [1.29, 1.82) is 0 Å². The summed E-state index contributed by atoms with van der Waals surface area (Å²) in [5.74, 6) is 0.773. The number of hydrogen-bond acceptors (Lipinski definition) is 5. The molecule has 1 aromatic rings. The van der Waals surface area contributed by atoms with Crippen LogP contribution >= 0.6 is 35.6 Å². The number of thiocarbonyl (C=S) groups is 1. The molecular weight excluding hydrogens is 342 g/mol. The summed E-state index contributed by atoms with van der Waals surface area (Å²) in [6.07, 6.45) is 3.34. The Hall–Kier alpha value is -1.50. The van der Waals surface area contributed by atoms with Crippen LogP contribution in [0.4, 0.5) is 0 Å². The van der Waals surface area contributed by atoms with Gasteiger partial charge in [0.05, 0.1) is 16.5 Å². The highest BCUT2D eigenvalue weighted by atomic mass is 35.5. The van der Waals surface area contributed by atoms with Crippen molar-refractivity contribution in [2.75, 3.05) is 13.2 Å². The highest BCUT2D eigenvalue weighted by Gasteiger charge is 2.22. The van der Waals surface area contributed by atoms with E-state index in [9.17, 15) is 4.79 Å². The van der Waals surface area contributed by atoms with Gasteiger partial charge in [0.25, 0.3) is 5.91 Å². The lowest BCUT2D eigenvalue weighted by atomic mass is 10.2. The Morgan fingerprint density at radius 1 is 1.45 bits per heavy atom. The predicted octanol–water partition coefficient (Wildman–Crippen LogP) is 3.79. The Bertz CT molecular complexity index is 658. The van der Waals surface area contributed by atoms with Gasteiger partial charge < -0.3 is 14.8 Å². The zero-order valence-electron chi connectivity index (χ0n) is 11.8. The number of hydrogen-bond donors (Lipinski definition) is 1. The summed E-state index contributed by atoms with van der Waals surface area (Å²) in [7, 11) is 0. The fourth-order valence-electron chi connectivity index (χ4n) is 1.79. The van der Waals surface area contributed by atoms with E-state index < -0.39 is 0 Å². The van der Waals surface area contributed by atoms with Crippen molar-refractivity contribution < 1.29 is 14.3 Å². The number of ether oxygens (including phenoxy) is 2. The number of carbonyl (C=O) groups is 1. The molecule has 7 heteroatoms. The van der Waals surface area contributed by atoms with E-state index in [0.29, 0.717) is 39.0 Å². The summed E-state index contributed by atoms with van der Waals surface area (Å²) in [4.78, 5) is 12.2. The largest absolute Gasteiger partial charge is 0.490 e. The van der Waals surface area contributed by atoms with E-state index in [4.69, 9.17) is 33.3 Å². The second-order valence-corrected chi connectivity index (χ2v) is 6.34. The Balaban J connectivity index is 2.37. The molecule has 0 aromatic heterocycles. The molecule has 0 bridgehead atoms. The number of thioether (sulfide) groups is 1. The zero-order valence-corrected chi connectivity index (χ0v) is 14.2.